The van der Waals surface area contributed by atoms with Gasteiger partial charge in [-0.15, -0.1) is 0 Å². The first-order valence-corrected chi connectivity index (χ1v) is 7.38. The Bertz CT molecular complexity index is 295. The summed E-state index contributed by atoms with van der Waals surface area (Å²) in [6, 6.07) is 0. The lowest BCUT2D eigenvalue weighted by atomic mass is 9.65. The minimum Gasteiger partial charge on any atom is -0.459 e. The van der Waals surface area contributed by atoms with E-state index in [0.29, 0.717) is 0 Å². The van der Waals surface area contributed by atoms with Crippen molar-refractivity contribution in [3.05, 3.63) is 0 Å². The summed E-state index contributed by atoms with van der Waals surface area (Å²) in [5.74, 6) is 0.00116. The lowest BCUT2D eigenvalue weighted by Crippen LogP contribution is -2.45. The largest absolute Gasteiger partial charge is 0.459 e. The van der Waals surface area contributed by atoms with Crippen molar-refractivity contribution in [3.63, 3.8) is 0 Å². The van der Waals surface area contributed by atoms with E-state index in [2.05, 4.69) is 41.5 Å². The highest BCUT2D eigenvalue weighted by atomic mass is 16.6. The fraction of sp³-hybridized carbons (Fsp3) is 0.938. The Morgan fingerprint density at radius 1 is 1.17 bits per heavy atom. The Morgan fingerprint density at radius 2 is 1.67 bits per heavy atom. The Kier molecular flexibility index (Phi) is 4.51. The van der Waals surface area contributed by atoms with Gasteiger partial charge in [0.05, 0.1) is 5.41 Å². The summed E-state index contributed by atoms with van der Waals surface area (Å²) in [4.78, 5) is 12.6. The van der Waals surface area contributed by atoms with Crippen LogP contribution >= 0.6 is 0 Å². The van der Waals surface area contributed by atoms with Gasteiger partial charge in [0.2, 0.25) is 0 Å². The normalized spacial score (nSPS) is 22.6. The van der Waals surface area contributed by atoms with E-state index in [9.17, 15) is 4.79 Å². The molecule has 1 unspecified atom stereocenters. The predicted molar refractivity (Wildman–Crippen MR) is 75.4 cm³/mol. The number of rotatable bonds is 4. The highest BCUT2D eigenvalue weighted by Crippen LogP contribution is 2.45. The van der Waals surface area contributed by atoms with E-state index in [1.807, 2.05) is 0 Å². The summed E-state index contributed by atoms with van der Waals surface area (Å²) in [5.41, 5.74) is -0.653. The lowest BCUT2D eigenvalue weighted by molar-refractivity contribution is -0.177. The summed E-state index contributed by atoms with van der Waals surface area (Å²) in [6.45, 7) is 12.7. The van der Waals surface area contributed by atoms with Crippen molar-refractivity contribution in [2.24, 2.45) is 10.8 Å². The van der Waals surface area contributed by atoms with Crippen molar-refractivity contribution < 1.29 is 9.53 Å². The van der Waals surface area contributed by atoms with Crippen LogP contribution in [0, 0.1) is 10.8 Å². The van der Waals surface area contributed by atoms with E-state index >= 15 is 0 Å². The maximum atomic E-state index is 12.6. The van der Waals surface area contributed by atoms with Crippen molar-refractivity contribution in [1.82, 2.24) is 0 Å². The molecular weight excluding hydrogens is 224 g/mol. The maximum absolute atomic E-state index is 12.6. The van der Waals surface area contributed by atoms with Crippen LogP contribution in [0.4, 0.5) is 0 Å². The van der Waals surface area contributed by atoms with Gasteiger partial charge >= 0.3 is 5.97 Å². The molecule has 0 spiro atoms. The van der Waals surface area contributed by atoms with Crippen LogP contribution in [-0.2, 0) is 9.53 Å². The van der Waals surface area contributed by atoms with Crippen LogP contribution in [0.2, 0.25) is 0 Å². The van der Waals surface area contributed by atoms with E-state index in [0.717, 1.165) is 25.7 Å². The second-order valence-corrected chi connectivity index (χ2v) is 7.38. The molecule has 1 aliphatic carbocycles. The van der Waals surface area contributed by atoms with Gasteiger partial charge in [0, 0.05) is 0 Å². The van der Waals surface area contributed by atoms with Gasteiger partial charge in [-0.3, -0.25) is 4.79 Å². The van der Waals surface area contributed by atoms with Gasteiger partial charge in [0.1, 0.15) is 5.60 Å². The molecule has 0 bridgehead atoms. The Balaban J connectivity index is 2.83. The molecular formula is C16H30O2. The van der Waals surface area contributed by atoms with Crippen LogP contribution < -0.4 is 0 Å². The molecule has 1 rings (SSSR count). The molecule has 1 aliphatic rings. The van der Waals surface area contributed by atoms with Gasteiger partial charge in [-0.1, -0.05) is 34.1 Å². The van der Waals surface area contributed by atoms with Gasteiger partial charge in [-0.25, -0.2) is 0 Å². The molecule has 0 aromatic carbocycles. The first-order valence-electron chi connectivity index (χ1n) is 7.38. The molecule has 106 valence electrons. The van der Waals surface area contributed by atoms with Gasteiger partial charge < -0.3 is 4.74 Å². The monoisotopic (exact) mass is 254 g/mol. The topological polar surface area (TPSA) is 26.3 Å². The van der Waals surface area contributed by atoms with Gasteiger partial charge in [-0.05, 0) is 51.4 Å². The van der Waals surface area contributed by atoms with Crippen molar-refractivity contribution >= 4 is 5.97 Å². The lowest BCUT2D eigenvalue weighted by Gasteiger charge is -2.41. The SMILES string of the molecule is CCCC(C)(C(=O)OC1(C)CCCC1)C(C)(C)C. The molecule has 1 saturated carbocycles. The summed E-state index contributed by atoms with van der Waals surface area (Å²) in [5, 5.41) is 0. The molecule has 1 fully saturated rings. The average molecular weight is 254 g/mol. The van der Waals surface area contributed by atoms with Crippen LogP contribution in [0.1, 0.15) is 80.1 Å². The molecule has 0 N–H and O–H groups in total. The highest BCUT2D eigenvalue weighted by Gasteiger charge is 2.47. The fourth-order valence-corrected chi connectivity index (χ4v) is 2.84. The zero-order valence-electron chi connectivity index (χ0n) is 13.1. The molecule has 2 heteroatoms. The quantitative estimate of drug-likeness (QED) is 0.679. The third-order valence-corrected chi connectivity index (χ3v) is 4.86. The Morgan fingerprint density at radius 3 is 2.06 bits per heavy atom. The molecule has 0 aromatic heterocycles. The average Bonchev–Trinajstić information content (AvgIpc) is 2.63. The molecule has 0 heterocycles. The molecule has 2 nitrogen and oxygen atoms in total. The second-order valence-electron chi connectivity index (χ2n) is 7.38. The summed E-state index contributed by atoms with van der Waals surface area (Å²) >= 11 is 0. The summed E-state index contributed by atoms with van der Waals surface area (Å²) in [7, 11) is 0. The van der Waals surface area contributed by atoms with E-state index in [1.54, 1.807) is 0 Å². The minimum atomic E-state index is -0.382. The van der Waals surface area contributed by atoms with Crippen LogP contribution in [0.3, 0.4) is 0 Å². The van der Waals surface area contributed by atoms with E-state index in [1.165, 1.54) is 12.8 Å². The third kappa shape index (κ3) is 3.07. The summed E-state index contributed by atoms with van der Waals surface area (Å²) < 4.78 is 5.90. The van der Waals surface area contributed by atoms with E-state index in [4.69, 9.17) is 4.74 Å². The Labute approximate surface area is 112 Å². The van der Waals surface area contributed by atoms with Crippen LogP contribution in [0.5, 0.6) is 0 Å². The number of esters is 1. The highest BCUT2D eigenvalue weighted by molar-refractivity contribution is 5.77. The molecule has 18 heavy (non-hydrogen) atoms. The Hall–Kier alpha value is -0.530. The first kappa shape index (κ1) is 15.5. The van der Waals surface area contributed by atoms with E-state index in [-0.39, 0.29) is 22.4 Å². The van der Waals surface area contributed by atoms with Crippen LogP contribution in [0.25, 0.3) is 0 Å². The molecule has 0 saturated heterocycles. The number of carbonyl (C=O) groups excluding carboxylic acids is 1. The molecule has 0 aromatic rings. The summed E-state index contributed by atoms with van der Waals surface area (Å²) in [6.07, 6.45) is 6.31. The zero-order valence-corrected chi connectivity index (χ0v) is 13.1. The molecule has 0 radical (unpaired) electrons. The third-order valence-electron chi connectivity index (χ3n) is 4.86. The molecule has 0 amide bonds. The standard InChI is InChI=1S/C16H30O2/c1-7-10-16(6,14(2,3)4)13(17)18-15(5)11-8-9-12-15/h7-12H2,1-6H3. The van der Waals surface area contributed by atoms with E-state index < -0.39 is 0 Å². The maximum Gasteiger partial charge on any atom is 0.312 e. The second kappa shape index (κ2) is 5.22. The smallest absolute Gasteiger partial charge is 0.312 e. The zero-order chi connectivity index (χ0) is 14.0. The molecule has 0 aliphatic heterocycles. The number of carbonyl (C=O) groups is 1. The van der Waals surface area contributed by atoms with Crippen molar-refractivity contribution in [2.75, 3.05) is 0 Å². The number of ether oxygens (including phenoxy) is 1. The molecule has 1 atom stereocenters. The first-order chi connectivity index (χ1) is 8.15. The number of hydrogen-bond acceptors (Lipinski definition) is 2. The van der Waals surface area contributed by atoms with Crippen LogP contribution in [0.15, 0.2) is 0 Å². The van der Waals surface area contributed by atoms with Crippen molar-refractivity contribution in [2.45, 2.75) is 85.7 Å². The minimum absolute atomic E-state index is 0.00116. The number of hydrogen-bond donors (Lipinski definition) is 0. The van der Waals surface area contributed by atoms with Crippen molar-refractivity contribution in [3.8, 4) is 0 Å². The van der Waals surface area contributed by atoms with Gasteiger partial charge in [0.25, 0.3) is 0 Å². The fourth-order valence-electron chi connectivity index (χ4n) is 2.84. The van der Waals surface area contributed by atoms with Gasteiger partial charge in [0.15, 0.2) is 0 Å². The van der Waals surface area contributed by atoms with Crippen LogP contribution in [-0.4, -0.2) is 11.6 Å². The van der Waals surface area contributed by atoms with Gasteiger partial charge in [-0.2, -0.15) is 0 Å². The predicted octanol–water partition coefficient (Wildman–Crippen LogP) is 4.71. The van der Waals surface area contributed by atoms with Crippen molar-refractivity contribution in [1.29, 1.82) is 0 Å².